The van der Waals surface area contributed by atoms with Gasteiger partial charge in [-0.2, -0.15) is 0 Å². The molecule has 0 saturated carbocycles. The third kappa shape index (κ3) is 4.28. The lowest BCUT2D eigenvalue weighted by Gasteiger charge is -2.13. The van der Waals surface area contributed by atoms with Crippen LogP contribution in [0, 0.1) is 12.3 Å². The number of anilines is 2. The molecule has 0 atom stereocenters. The summed E-state index contributed by atoms with van der Waals surface area (Å²) in [6, 6.07) is 10.0. The van der Waals surface area contributed by atoms with E-state index in [2.05, 4.69) is 28.1 Å². The van der Waals surface area contributed by atoms with Gasteiger partial charge in [-0.25, -0.2) is 0 Å². The first kappa shape index (κ1) is 19.8. The summed E-state index contributed by atoms with van der Waals surface area (Å²) >= 11 is 7.77. The number of terminal acetylenes is 1. The first-order chi connectivity index (χ1) is 13.5. The molecule has 3 nitrogen and oxygen atoms in total. The number of halogens is 1. The van der Waals surface area contributed by atoms with Crippen molar-refractivity contribution >= 4 is 50.7 Å². The van der Waals surface area contributed by atoms with Crippen LogP contribution in [0.25, 0.3) is 16.3 Å². The number of benzene rings is 1. The van der Waals surface area contributed by atoms with E-state index in [1.807, 2.05) is 62.5 Å². The minimum Gasteiger partial charge on any atom is -0.341 e. The average molecular weight is 406 g/mol. The summed E-state index contributed by atoms with van der Waals surface area (Å²) in [6.45, 7) is 7.91. The van der Waals surface area contributed by atoms with E-state index in [9.17, 15) is 0 Å². The molecule has 3 aromatic rings. The molecule has 0 bridgehead atoms. The van der Waals surface area contributed by atoms with Gasteiger partial charge in [-0.3, -0.25) is 4.98 Å². The lowest BCUT2D eigenvalue weighted by atomic mass is 10.1. The Balaban J connectivity index is 1.86. The predicted molar refractivity (Wildman–Crippen MR) is 124 cm³/mol. The van der Waals surface area contributed by atoms with Gasteiger partial charge in [0.15, 0.2) is 0 Å². The van der Waals surface area contributed by atoms with Crippen molar-refractivity contribution in [2.24, 2.45) is 0 Å². The second-order valence-corrected chi connectivity index (χ2v) is 7.70. The smallest absolute Gasteiger partial charge is 0.101 e. The fourth-order valence-corrected chi connectivity index (χ4v) is 4.06. The van der Waals surface area contributed by atoms with Crippen LogP contribution >= 0.6 is 22.9 Å². The van der Waals surface area contributed by atoms with Crippen molar-refractivity contribution in [3.05, 3.63) is 82.1 Å². The number of nitrogens with zero attached hydrogens (tertiary/aromatic N) is 1. The number of nitrogens with one attached hydrogen (secondary N) is 2. The van der Waals surface area contributed by atoms with Crippen LogP contribution in [0.1, 0.15) is 23.6 Å². The fourth-order valence-electron chi connectivity index (χ4n) is 2.83. The van der Waals surface area contributed by atoms with Gasteiger partial charge in [0.1, 0.15) is 10.7 Å². The summed E-state index contributed by atoms with van der Waals surface area (Å²) in [5.41, 5.74) is 2.64. The molecule has 0 radical (unpaired) electrons. The molecule has 0 aliphatic heterocycles. The Morgan fingerprint density at radius 3 is 2.71 bits per heavy atom. The lowest BCUT2D eigenvalue weighted by Crippen LogP contribution is -2.08. The maximum atomic E-state index is 6.26. The van der Waals surface area contributed by atoms with Gasteiger partial charge in [0, 0.05) is 32.5 Å². The van der Waals surface area contributed by atoms with E-state index < -0.39 is 0 Å². The van der Waals surface area contributed by atoms with E-state index in [4.69, 9.17) is 18.0 Å². The minimum atomic E-state index is 0.609. The van der Waals surface area contributed by atoms with Crippen LogP contribution < -0.4 is 10.6 Å². The third-order valence-electron chi connectivity index (χ3n) is 4.07. The molecule has 0 spiro atoms. The number of rotatable bonds is 6. The van der Waals surface area contributed by atoms with Crippen LogP contribution in [-0.2, 0) is 0 Å². The fraction of sp³-hybridized carbons (Fsp3) is 0.0870. The van der Waals surface area contributed by atoms with E-state index in [1.165, 1.54) is 11.3 Å². The summed E-state index contributed by atoms with van der Waals surface area (Å²) in [6.07, 6.45) is 13.3. The lowest BCUT2D eigenvalue weighted by molar-refractivity contribution is 1.32. The van der Waals surface area contributed by atoms with Crippen molar-refractivity contribution in [1.29, 1.82) is 0 Å². The Labute approximate surface area is 174 Å². The van der Waals surface area contributed by atoms with Crippen molar-refractivity contribution in [2.45, 2.75) is 13.8 Å². The quantitative estimate of drug-likeness (QED) is 0.349. The Morgan fingerprint density at radius 2 is 2.00 bits per heavy atom. The zero-order valence-electron chi connectivity index (χ0n) is 15.7. The van der Waals surface area contributed by atoms with Crippen molar-refractivity contribution in [3.8, 4) is 12.3 Å². The maximum absolute atomic E-state index is 6.26. The Bertz CT molecular complexity index is 1120. The number of allylic oxidation sites excluding steroid dienone is 4. The standard InChI is InChI=1S/C23H20ClN3S/c1-5-9-18(15(3)24)23-12-20(22(6-2)28-23)26-16(4)27-21-14-25-13-17-10-7-8-11-19(17)21/h2,5,7-14,26-27H,4H2,1,3H3/b9-5-,18-15-. The molecule has 1 aromatic carbocycles. The molecule has 2 aromatic heterocycles. The van der Waals surface area contributed by atoms with Crippen LogP contribution in [-0.4, -0.2) is 4.98 Å². The van der Waals surface area contributed by atoms with Crippen molar-refractivity contribution in [3.63, 3.8) is 0 Å². The van der Waals surface area contributed by atoms with Crippen LogP contribution in [0.15, 0.2) is 72.3 Å². The average Bonchev–Trinajstić information content (AvgIpc) is 3.08. The molecule has 28 heavy (non-hydrogen) atoms. The van der Waals surface area contributed by atoms with Gasteiger partial charge < -0.3 is 10.6 Å². The molecular formula is C23H20ClN3S. The molecule has 3 rings (SSSR count). The van der Waals surface area contributed by atoms with Crippen molar-refractivity contribution in [1.82, 2.24) is 4.98 Å². The van der Waals surface area contributed by atoms with Gasteiger partial charge in [-0.05, 0) is 19.9 Å². The molecule has 0 unspecified atom stereocenters. The van der Waals surface area contributed by atoms with E-state index >= 15 is 0 Å². The Hall–Kier alpha value is -3.00. The molecule has 0 aliphatic carbocycles. The highest BCUT2D eigenvalue weighted by atomic mass is 35.5. The summed E-state index contributed by atoms with van der Waals surface area (Å²) in [5.74, 6) is 3.35. The molecule has 0 amide bonds. The number of pyridine rings is 1. The molecule has 0 aliphatic rings. The first-order valence-electron chi connectivity index (χ1n) is 8.69. The molecule has 5 heteroatoms. The predicted octanol–water partition coefficient (Wildman–Crippen LogP) is 6.82. The molecular weight excluding hydrogens is 386 g/mol. The van der Waals surface area contributed by atoms with Crippen molar-refractivity contribution < 1.29 is 0 Å². The SMILES string of the molecule is C#Cc1sc(C(/C=C\C)=C(/C)Cl)cc1NC(=C)Nc1cncc2ccccc12. The summed E-state index contributed by atoms with van der Waals surface area (Å²) in [7, 11) is 0. The van der Waals surface area contributed by atoms with E-state index in [0.717, 1.165) is 37.5 Å². The highest BCUT2D eigenvalue weighted by molar-refractivity contribution is 7.14. The molecule has 2 heterocycles. The zero-order valence-corrected chi connectivity index (χ0v) is 17.3. The van der Waals surface area contributed by atoms with Crippen molar-refractivity contribution in [2.75, 3.05) is 10.6 Å². The second-order valence-electron chi connectivity index (χ2n) is 6.08. The van der Waals surface area contributed by atoms with E-state index in [0.29, 0.717) is 10.9 Å². The second kappa shape index (κ2) is 8.79. The number of hydrogen-bond donors (Lipinski definition) is 2. The summed E-state index contributed by atoms with van der Waals surface area (Å²) in [5, 5.41) is 9.40. The highest BCUT2D eigenvalue weighted by Crippen LogP contribution is 2.35. The topological polar surface area (TPSA) is 37.0 Å². The zero-order chi connectivity index (χ0) is 20.1. The number of thiophene rings is 1. The van der Waals surface area contributed by atoms with Gasteiger partial charge in [0.25, 0.3) is 0 Å². The number of fused-ring (bicyclic) bond motifs is 1. The van der Waals surface area contributed by atoms with Gasteiger partial charge in [-0.15, -0.1) is 17.8 Å². The minimum absolute atomic E-state index is 0.609. The van der Waals surface area contributed by atoms with E-state index in [1.54, 1.807) is 6.20 Å². The van der Waals surface area contributed by atoms with Gasteiger partial charge in [0.05, 0.1) is 17.6 Å². The van der Waals surface area contributed by atoms with Crippen LogP contribution in [0.3, 0.4) is 0 Å². The molecule has 2 N–H and O–H groups in total. The van der Waals surface area contributed by atoms with Crippen LogP contribution in [0.4, 0.5) is 11.4 Å². The van der Waals surface area contributed by atoms with E-state index in [-0.39, 0.29) is 0 Å². The van der Waals surface area contributed by atoms with Gasteiger partial charge >= 0.3 is 0 Å². The summed E-state index contributed by atoms with van der Waals surface area (Å²) in [4.78, 5) is 6.07. The highest BCUT2D eigenvalue weighted by Gasteiger charge is 2.12. The largest absolute Gasteiger partial charge is 0.341 e. The number of hydrogen-bond acceptors (Lipinski definition) is 4. The van der Waals surface area contributed by atoms with Crippen LogP contribution in [0.5, 0.6) is 0 Å². The van der Waals surface area contributed by atoms with Gasteiger partial charge in [-0.1, -0.05) is 60.5 Å². The molecule has 0 fully saturated rings. The molecule has 0 saturated heterocycles. The van der Waals surface area contributed by atoms with Crippen LogP contribution in [0.2, 0.25) is 0 Å². The monoisotopic (exact) mass is 405 g/mol. The van der Waals surface area contributed by atoms with Gasteiger partial charge in [0.2, 0.25) is 0 Å². The maximum Gasteiger partial charge on any atom is 0.101 e. The normalized spacial score (nSPS) is 11.9. The Morgan fingerprint density at radius 1 is 1.25 bits per heavy atom. The summed E-state index contributed by atoms with van der Waals surface area (Å²) < 4.78 is 0. The third-order valence-corrected chi connectivity index (χ3v) is 5.38. The Kier molecular flexibility index (Phi) is 6.20. The molecule has 140 valence electrons. The first-order valence-corrected chi connectivity index (χ1v) is 9.88. The number of aromatic nitrogens is 1.